The first kappa shape index (κ1) is 16.9. The molecule has 1 N–H and O–H groups in total. The topological polar surface area (TPSA) is 58.6 Å². The van der Waals surface area contributed by atoms with Crippen LogP contribution in [0.4, 0.5) is 0 Å². The van der Waals surface area contributed by atoms with Gasteiger partial charge in [0.15, 0.2) is 9.84 Å². The Morgan fingerprint density at radius 1 is 1.37 bits per heavy atom. The maximum absolute atomic E-state index is 11.6. The van der Waals surface area contributed by atoms with E-state index in [4.69, 9.17) is 4.74 Å². The molecule has 2 atom stereocenters. The molecule has 0 saturated carbocycles. The summed E-state index contributed by atoms with van der Waals surface area (Å²) in [5, 5.41) is 3.42. The van der Waals surface area contributed by atoms with Crippen molar-refractivity contribution < 1.29 is 13.2 Å². The Balaban J connectivity index is 2.50. The molecule has 0 radical (unpaired) electrons. The van der Waals surface area contributed by atoms with Crippen molar-refractivity contribution in [1.29, 1.82) is 0 Å². The minimum absolute atomic E-state index is 0.131. The summed E-state index contributed by atoms with van der Waals surface area (Å²) in [6.07, 6.45) is 0.739. The summed E-state index contributed by atoms with van der Waals surface area (Å²) in [5.74, 6) is 1.22. The molecule has 1 fully saturated rings. The molecule has 19 heavy (non-hydrogen) atoms. The second kappa shape index (κ2) is 7.57. The summed E-state index contributed by atoms with van der Waals surface area (Å²) in [6, 6.07) is 0.355. The van der Waals surface area contributed by atoms with Crippen molar-refractivity contribution in [3.63, 3.8) is 0 Å². The van der Waals surface area contributed by atoms with Gasteiger partial charge in [-0.25, -0.2) is 8.42 Å². The van der Waals surface area contributed by atoms with Crippen LogP contribution in [-0.2, 0) is 14.6 Å². The van der Waals surface area contributed by atoms with Gasteiger partial charge in [0.2, 0.25) is 0 Å². The van der Waals surface area contributed by atoms with Gasteiger partial charge in [-0.3, -0.25) is 4.90 Å². The second-order valence-corrected chi connectivity index (χ2v) is 8.11. The van der Waals surface area contributed by atoms with E-state index in [1.54, 1.807) is 7.11 Å². The van der Waals surface area contributed by atoms with Gasteiger partial charge in [0, 0.05) is 25.7 Å². The molecule has 6 heteroatoms. The molecule has 5 nitrogen and oxygen atoms in total. The van der Waals surface area contributed by atoms with E-state index in [0.717, 1.165) is 19.5 Å². The van der Waals surface area contributed by atoms with Crippen LogP contribution in [0.2, 0.25) is 0 Å². The lowest BCUT2D eigenvalue weighted by Crippen LogP contribution is -2.48. The molecule has 0 spiro atoms. The Bertz CT molecular complexity index is 357. The third kappa shape index (κ3) is 5.77. The van der Waals surface area contributed by atoms with Crippen LogP contribution < -0.4 is 5.32 Å². The smallest absolute Gasteiger partial charge is 0.151 e. The zero-order valence-corrected chi connectivity index (χ0v) is 13.4. The fourth-order valence-electron chi connectivity index (χ4n) is 2.45. The Morgan fingerprint density at radius 3 is 2.53 bits per heavy atom. The normalized spacial score (nSPS) is 24.2. The first-order valence-electron chi connectivity index (χ1n) is 6.97. The van der Waals surface area contributed by atoms with E-state index in [1.807, 2.05) is 7.05 Å². The lowest BCUT2D eigenvalue weighted by molar-refractivity contribution is 0.0851. The van der Waals surface area contributed by atoms with E-state index in [1.165, 1.54) is 0 Å². The van der Waals surface area contributed by atoms with Gasteiger partial charge >= 0.3 is 0 Å². The number of nitrogens with one attached hydrogen (secondary N) is 1. The van der Waals surface area contributed by atoms with E-state index in [9.17, 15) is 8.42 Å². The van der Waals surface area contributed by atoms with Gasteiger partial charge in [-0.15, -0.1) is 0 Å². The van der Waals surface area contributed by atoms with Crippen LogP contribution in [0.1, 0.15) is 20.3 Å². The number of hydrogen-bond acceptors (Lipinski definition) is 5. The van der Waals surface area contributed by atoms with Gasteiger partial charge in [-0.1, -0.05) is 13.8 Å². The van der Waals surface area contributed by atoms with Gasteiger partial charge in [-0.2, -0.15) is 0 Å². The molecule has 1 heterocycles. The second-order valence-electron chi connectivity index (χ2n) is 5.88. The van der Waals surface area contributed by atoms with Crippen molar-refractivity contribution in [2.45, 2.75) is 32.4 Å². The Hall–Kier alpha value is -0.170. The average Bonchev–Trinajstić information content (AvgIpc) is 2.67. The number of likely N-dealkylation sites (N-methyl/N-ethyl adjacent to an activating group) is 1. The fraction of sp³-hybridized carbons (Fsp3) is 1.00. The van der Waals surface area contributed by atoms with E-state index >= 15 is 0 Å². The summed E-state index contributed by atoms with van der Waals surface area (Å²) >= 11 is 0. The molecular weight excluding hydrogens is 264 g/mol. The highest BCUT2D eigenvalue weighted by molar-refractivity contribution is 7.91. The lowest BCUT2D eigenvalue weighted by atomic mass is 10.1. The van der Waals surface area contributed by atoms with Gasteiger partial charge in [0.1, 0.15) is 0 Å². The molecule has 0 amide bonds. The molecule has 114 valence electrons. The lowest BCUT2D eigenvalue weighted by Gasteiger charge is -2.32. The summed E-state index contributed by atoms with van der Waals surface area (Å²) in [4.78, 5) is 2.17. The maximum atomic E-state index is 11.6. The van der Waals surface area contributed by atoms with Crippen molar-refractivity contribution in [2.75, 3.05) is 45.4 Å². The molecule has 0 bridgehead atoms. The van der Waals surface area contributed by atoms with Crippen LogP contribution in [0, 0.1) is 5.92 Å². The van der Waals surface area contributed by atoms with Crippen LogP contribution in [-0.4, -0.2) is 70.8 Å². The molecule has 0 aromatic carbocycles. The van der Waals surface area contributed by atoms with Crippen molar-refractivity contribution in [1.82, 2.24) is 10.2 Å². The maximum Gasteiger partial charge on any atom is 0.151 e. The van der Waals surface area contributed by atoms with E-state index in [0.29, 0.717) is 18.3 Å². The summed E-state index contributed by atoms with van der Waals surface area (Å²) in [7, 11) is 0.870. The number of hydrogen-bond donors (Lipinski definition) is 1. The fourth-order valence-corrected chi connectivity index (χ4v) is 4.23. The van der Waals surface area contributed by atoms with Crippen molar-refractivity contribution in [3.8, 4) is 0 Å². The third-order valence-corrected chi connectivity index (χ3v) is 5.40. The predicted octanol–water partition coefficient (Wildman–Crippen LogP) is 0.366. The first-order chi connectivity index (χ1) is 8.85. The number of ether oxygens (including phenoxy) is 1. The molecule has 0 aliphatic carbocycles. The van der Waals surface area contributed by atoms with Gasteiger partial charge in [0.05, 0.1) is 18.1 Å². The molecule has 1 saturated heterocycles. The summed E-state index contributed by atoms with van der Waals surface area (Å²) in [5.41, 5.74) is 0. The van der Waals surface area contributed by atoms with E-state index in [2.05, 4.69) is 24.1 Å². The highest BCUT2D eigenvalue weighted by Gasteiger charge is 2.33. The molecule has 0 aromatic rings. The molecular formula is C13H28N2O3S. The van der Waals surface area contributed by atoms with Crippen molar-refractivity contribution in [2.24, 2.45) is 5.92 Å². The Kier molecular flexibility index (Phi) is 6.73. The number of methoxy groups -OCH3 is 1. The van der Waals surface area contributed by atoms with E-state index in [-0.39, 0.29) is 17.8 Å². The van der Waals surface area contributed by atoms with Gasteiger partial charge in [0.25, 0.3) is 0 Å². The molecule has 1 aliphatic rings. The predicted molar refractivity (Wildman–Crippen MR) is 78.2 cm³/mol. The third-order valence-electron chi connectivity index (χ3n) is 3.65. The molecule has 1 rings (SSSR count). The Morgan fingerprint density at radius 2 is 2.05 bits per heavy atom. The van der Waals surface area contributed by atoms with Gasteiger partial charge in [-0.05, 0) is 25.9 Å². The summed E-state index contributed by atoms with van der Waals surface area (Å²) < 4.78 is 28.4. The van der Waals surface area contributed by atoms with Crippen molar-refractivity contribution in [3.05, 3.63) is 0 Å². The molecule has 2 unspecified atom stereocenters. The standard InChI is InChI=1S/C13H28N2O3S/c1-11(2)7-14-8-13(9-18-4)15(3)12-5-6-19(16,17)10-12/h11-14H,5-10H2,1-4H3. The average molecular weight is 292 g/mol. The monoisotopic (exact) mass is 292 g/mol. The Labute approximate surface area is 117 Å². The van der Waals surface area contributed by atoms with Crippen molar-refractivity contribution >= 4 is 9.84 Å². The van der Waals surface area contributed by atoms with Crippen LogP contribution in [0.3, 0.4) is 0 Å². The largest absolute Gasteiger partial charge is 0.383 e. The number of nitrogens with zero attached hydrogens (tertiary/aromatic N) is 1. The molecule has 0 aromatic heterocycles. The zero-order valence-electron chi connectivity index (χ0n) is 12.6. The van der Waals surface area contributed by atoms with Gasteiger partial charge < -0.3 is 10.1 Å². The minimum atomic E-state index is -2.83. The highest BCUT2D eigenvalue weighted by Crippen LogP contribution is 2.18. The van der Waals surface area contributed by atoms with E-state index < -0.39 is 9.84 Å². The first-order valence-corrected chi connectivity index (χ1v) is 8.80. The minimum Gasteiger partial charge on any atom is -0.383 e. The quantitative estimate of drug-likeness (QED) is 0.700. The zero-order chi connectivity index (χ0) is 14.5. The SMILES string of the molecule is COCC(CNCC(C)C)N(C)C1CCS(=O)(=O)C1. The van der Waals surface area contributed by atoms with Crippen LogP contribution in [0.25, 0.3) is 0 Å². The van der Waals surface area contributed by atoms with Crippen LogP contribution >= 0.6 is 0 Å². The highest BCUT2D eigenvalue weighted by atomic mass is 32.2. The molecule has 1 aliphatic heterocycles. The summed E-state index contributed by atoms with van der Waals surface area (Å²) in [6.45, 7) is 6.77. The number of rotatable bonds is 8. The van der Waals surface area contributed by atoms with Crippen LogP contribution in [0.5, 0.6) is 0 Å². The van der Waals surface area contributed by atoms with Crippen LogP contribution in [0.15, 0.2) is 0 Å². The number of sulfone groups is 1.